The third-order valence-corrected chi connectivity index (χ3v) is 3.78. The van der Waals surface area contributed by atoms with Gasteiger partial charge in [0.1, 0.15) is 0 Å². The summed E-state index contributed by atoms with van der Waals surface area (Å²) in [5.41, 5.74) is 3.56. The molecular formula is C15H17N5O2. The Kier molecular flexibility index (Phi) is 3.62. The Hall–Kier alpha value is -2.70. The van der Waals surface area contributed by atoms with Crippen LogP contribution in [-0.2, 0) is 19.5 Å². The number of pyridine rings is 1. The molecule has 1 aliphatic rings. The zero-order chi connectivity index (χ0) is 15.7. The maximum atomic E-state index is 11.1. The maximum absolute atomic E-state index is 11.1. The Bertz CT molecular complexity index is 719. The van der Waals surface area contributed by atoms with Gasteiger partial charge in [0, 0.05) is 25.0 Å². The highest BCUT2D eigenvalue weighted by atomic mass is 16.4. The zero-order valence-corrected chi connectivity index (χ0v) is 12.5. The monoisotopic (exact) mass is 299 g/mol. The standard InChI is InChI=1S/C15H17N5O2/c1-3-11-13(5-4-6-16-11)19(2)14-17-7-10-8-20(15(21)22)9-12(10)18-14/h4-7H,3,8-9H2,1-2H3,(H,21,22). The molecule has 1 N–H and O–H groups in total. The van der Waals surface area contributed by atoms with Crippen molar-refractivity contribution in [2.75, 3.05) is 11.9 Å². The molecule has 2 aromatic rings. The highest BCUT2D eigenvalue weighted by Gasteiger charge is 2.25. The largest absolute Gasteiger partial charge is 0.465 e. The summed E-state index contributed by atoms with van der Waals surface area (Å²) in [5.74, 6) is 0.550. The van der Waals surface area contributed by atoms with Gasteiger partial charge in [-0.05, 0) is 18.6 Å². The quantitative estimate of drug-likeness (QED) is 0.935. The summed E-state index contributed by atoms with van der Waals surface area (Å²) in [7, 11) is 1.89. The van der Waals surface area contributed by atoms with E-state index in [2.05, 4.69) is 15.0 Å². The first-order valence-corrected chi connectivity index (χ1v) is 7.10. The van der Waals surface area contributed by atoms with Gasteiger partial charge in [0.25, 0.3) is 0 Å². The zero-order valence-electron chi connectivity index (χ0n) is 12.5. The lowest BCUT2D eigenvalue weighted by Crippen LogP contribution is -2.22. The van der Waals surface area contributed by atoms with Crippen LogP contribution in [0.25, 0.3) is 0 Å². The van der Waals surface area contributed by atoms with Gasteiger partial charge in [0.15, 0.2) is 0 Å². The fraction of sp³-hybridized carbons (Fsp3) is 0.333. The predicted molar refractivity (Wildman–Crippen MR) is 81.0 cm³/mol. The van der Waals surface area contributed by atoms with Crippen LogP contribution in [0.3, 0.4) is 0 Å². The number of hydrogen-bond donors (Lipinski definition) is 1. The van der Waals surface area contributed by atoms with Crippen molar-refractivity contribution in [2.24, 2.45) is 0 Å². The summed E-state index contributed by atoms with van der Waals surface area (Å²) in [6.45, 7) is 2.71. The summed E-state index contributed by atoms with van der Waals surface area (Å²) in [6, 6.07) is 3.86. The summed E-state index contributed by atoms with van der Waals surface area (Å²) >= 11 is 0. The Morgan fingerprint density at radius 2 is 2.23 bits per heavy atom. The van der Waals surface area contributed by atoms with Gasteiger partial charge in [-0.15, -0.1) is 0 Å². The number of nitrogens with zero attached hydrogens (tertiary/aromatic N) is 5. The fourth-order valence-corrected chi connectivity index (χ4v) is 2.55. The number of aromatic nitrogens is 3. The van der Waals surface area contributed by atoms with Crippen LogP contribution in [0.5, 0.6) is 0 Å². The van der Waals surface area contributed by atoms with Crippen LogP contribution in [-0.4, -0.2) is 38.1 Å². The molecule has 7 heteroatoms. The van der Waals surface area contributed by atoms with Gasteiger partial charge in [0.05, 0.1) is 30.2 Å². The molecular weight excluding hydrogens is 282 g/mol. The third kappa shape index (κ3) is 2.45. The Balaban J connectivity index is 1.91. The summed E-state index contributed by atoms with van der Waals surface area (Å²) in [4.78, 5) is 27.5. The summed E-state index contributed by atoms with van der Waals surface area (Å²) in [5, 5.41) is 9.07. The van der Waals surface area contributed by atoms with Crippen LogP contribution in [0, 0.1) is 0 Å². The van der Waals surface area contributed by atoms with E-state index in [0.717, 1.165) is 29.1 Å². The second-order valence-corrected chi connectivity index (χ2v) is 5.16. The third-order valence-electron chi connectivity index (χ3n) is 3.78. The number of fused-ring (bicyclic) bond motifs is 1. The van der Waals surface area contributed by atoms with Crippen molar-refractivity contribution in [2.45, 2.75) is 26.4 Å². The van der Waals surface area contributed by atoms with Crippen LogP contribution in [0.15, 0.2) is 24.5 Å². The smallest absolute Gasteiger partial charge is 0.407 e. The number of amides is 1. The highest BCUT2D eigenvalue weighted by Crippen LogP contribution is 2.26. The van der Waals surface area contributed by atoms with Crippen LogP contribution in [0.1, 0.15) is 23.9 Å². The van der Waals surface area contributed by atoms with Gasteiger partial charge in [-0.1, -0.05) is 6.92 Å². The van der Waals surface area contributed by atoms with Gasteiger partial charge in [-0.2, -0.15) is 0 Å². The molecule has 0 unspecified atom stereocenters. The minimum Gasteiger partial charge on any atom is -0.465 e. The molecule has 0 fully saturated rings. The number of carboxylic acid groups (broad SMARTS) is 1. The van der Waals surface area contributed by atoms with Gasteiger partial charge < -0.3 is 10.0 Å². The molecule has 114 valence electrons. The van der Waals surface area contributed by atoms with Crippen molar-refractivity contribution in [3.05, 3.63) is 41.5 Å². The van der Waals surface area contributed by atoms with Crippen molar-refractivity contribution in [1.29, 1.82) is 0 Å². The first kappa shape index (κ1) is 14.2. The molecule has 0 spiro atoms. The Morgan fingerprint density at radius 1 is 1.41 bits per heavy atom. The van der Waals surface area contributed by atoms with Crippen molar-refractivity contribution < 1.29 is 9.90 Å². The molecule has 0 aromatic carbocycles. The molecule has 0 saturated heterocycles. The van der Waals surface area contributed by atoms with E-state index in [0.29, 0.717) is 19.0 Å². The van der Waals surface area contributed by atoms with Gasteiger partial charge in [-0.3, -0.25) is 9.88 Å². The number of hydrogen-bond acceptors (Lipinski definition) is 5. The minimum atomic E-state index is -0.937. The van der Waals surface area contributed by atoms with Crippen molar-refractivity contribution in [3.8, 4) is 0 Å². The Morgan fingerprint density at radius 3 is 2.95 bits per heavy atom. The van der Waals surface area contributed by atoms with Crippen molar-refractivity contribution in [1.82, 2.24) is 19.9 Å². The average molecular weight is 299 g/mol. The van der Waals surface area contributed by atoms with Crippen LogP contribution < -0.4 is 4.90 Å². The molecule has 0 atom stereocenters. The lowest BCUT2D eigenvalue weighted by atomic mass is 10.2. The first-order chi connectivity index (χ1) is 10.6. The number of anilines is 2. The summed E-state index contributed by atoms with van der Waals surface area (Å²) < 4.78 is 0. The number of carbonyl (C=O) groups is 1. The van der Waals surface area contributed by atoms with Gasteiger partial charge in [-0.25, -0.2) is 14.8 Å². The molecule has 0 saturated carbocycles. The molecule has 0 radical (unpaired) electrons. The molecule has 1 aliphatic heterocycles. The second kappa shape index (κ2) is 5.59. The molecule has 1 amide bonds. The van der Waals surface area contributed by atoms with E-state index in [1.54, 1.807) is 12.4 Å². The predicted octanol–water partition coefficient (Wildman–Crippen LogP) is 2.20. The van der Waals surface area contributed by atoms with E-state index in [4.69, 9.17) is 5.11 Å². The fourth-order valence-electron chi connectivity index (χ4n) is 2.55. The van der Waals surface area contributed by atoms with Crippen LogP contribution in [0.2, 0.25) is 0 Å². The van der Waals surface area contributed by atoms with E-state index in [1.165, 1.54) is 4.90 Å². The lowest BCUT2D eigenvalue weighted by molar-refractivity contribution is 0.145. The van der Waals surface area contributed by atoms with E-state index in [9.17, 15) is 4.79 Å². The average Bonchev–Trinajstić information content (AvgIpc) is 2.97. The van der Waals surface area contributed by atoms with Crippen molar-refractivity contribution >= 4 is 17.7 Å². The summed E-state index contributed by atoms with van der Waals surface area (Å²) in [6.07, 6.45) is 3.36. The normalized spacial score (nSPS) is 13.1. The molecule has 7 nitrogen and oxygen atoms in total. The number of rotatable bonds is 3. The van der Waals surface area contributed by atoms with Gasteiger partial charge in [0.2, 0.25) is 5.95 Å². The van der Waals surface area contributed by atoms with E-state index < -0.39 is 6.09 Å². The topological polar surface area (TPSA) is 82.5 Å². The van der Waals surface area contributed by atoms with Crippen LogP contribution >= 0.6 is 0 Å². The molecule has 22 heavy (non-hydrogen) atoms. The molecule has 3 heterocycles. The lowest BCUT2D eigenvalue weighted by Gasteiger charge is -2.19. The van der Waals surface area contributed by atoms with Crippen molar-refractivity contribution in [3.63, 3.8) is 0 Å². The van der Waals surface area contributed by atoms with E-state index >= 15 is 0 Å². The first-order valence-electron chi connectivity index (χ1n) is 7.10. The molecule has 2 aromatic heterocycles. The van der Waals surface area contributed by atoms with E-state index in [1.807, 2.05) is 31.0 Å². The van der Waals surface area contributed by atoms with Gasteiger partial charge >= 0.3 is 6.09 Å². The second-order valence-electron chi connectivity index (χ2n) is 5.16. The molecule has 0 bridgehead atoms. The Labute approximate surface area is 128 Å². The maximum Gasteiger partial charge on any atom is 0.407 e. The highest BCUT2D eigenvalue weighted by molar-refractivity contribution is 5.66. The van der Waals surface area contributed by atoms with E-state index in [-0.39, 0.29) is 0 Å². The minimum absolute atomic E-state index is 0.307. The molecule has 0 aliphatic carbocycles. The SMILES string of the molecule is CCc1ncccc1N(C)c1ncc2c(n1)CN(C(=O)O)C2. The van der Waals surface area contributed by atoms with Crippen LogP contribution in [0.4, 0.5) is 16.4 Å². The number of aryl methyl sites for hydroxylation is 1. The molecule has 3 rings (SSSR count).